The Morgan fingerprint density at radius 2 is 1.47 bits per heavy atom. The molecular weight excluding hydrogens is 448 g/mol. The van der Waals surface area contributed by atoms with Crippen LogP contribution in [0.5, 0.6) is 5.88 Å². The molecule has 34 heavy (non-hydrogen) atoms. The Morgan fingerprint density at radius 1 is 0.971 bits per heavy atom. The fourth-order valence-electron chi connectivity index (χ4n) is 4.34. The van der Waals surface area contributed by atoms with Gasteiger partial charge in [0.1, 0.15) is 33.1 Å². The summed E-state index contributed by atoms with van der Waals surface area (Å²) in [4.78, 5) is 0.272. The van der Waals surface area contributed by atoms with E-state index in [1.807, 2.05) is 91.0 Å². The molecule has 2 atom stereocenters. The van der Waals surface area contributed by atoms with Gasteiger partial charge >= 0.3 is 0 Å². The maximum absolute atomic E-state index is 14.3. The Morgan fingerprint density at radius 3 is 1.94 bits per heavy atom. The van der Waals surface area contributed by atoms with E-state index < -0.39 is 15.5 Å². The van der Waals surface area contributed by atoms with Crippen molar-refractivity contribution < 1.29 is 13.7 Å². The number of rotatable bonds is 6. The lowest BCUT2D eigenvalue weighted by atomic mass is 9.78. The van der Waals surface area contributed by atoms with E-state index in [9.17, 15) is 4.21 Å². The van der Waals surface area contributed by atoms with Crippen LogP contribution in [0.2, 0.25) is 0 Å². The minimum Gasteiger partial charge on any atom is -0.474 e. The Bertz CT molecular complexity index is 1280. The molecule has 0 saturated heterocycles. The van der Waals surface area contributed by atoms with Crippen molar-refractivity contribution in [3.63, 3.8) is 0 Å². The number of fused-ring (bicyclic) bond motifs is 1. The third-order valence-corrected chi connectivity index (χ3v) is 7.49. The molecule has 5 rings (SSSR count). The molecule has 0 radical (unpaired) electrons. The molecule has 0 amide bonds. The normalized spacial score (nSPS) is 17.3. The monoisotopic (exact) mass is 474 g/mol. The van der Waals surface area contributed by atoms with Crippen molar-refractivity contribution in [1.82, 2.24) is 9.78 Å². The molecule has 8 heteroatoms. The van der Waals surface area contributed by atoms with E-state index in [0.717, 1.165) is 16.7 Å². The smallest absolute Gasteiger partial charge is 0.230 e. The van der Waals surface area contributed by atoms with Crippen LogP contribution in [0.4, 0.5) is 0 Å². The average Bonchev–Trinajstić information content (AvgIpc) is 3.33. The fraction of sp³-hybridized carbons (Fsp3) is 0.192. The molecule has 1 aromatic heterocycles. The van der Waals surface area contributed by atoms with Crippen molar-refractivity contribution in [3.8, 4) is 5.88 Å². The van der Waals surface area contributed by atoms with Crippen molar-refractivity contribution >= 4 is 9.92 Å². The molecule has 2 heterocycles. The van der Waals surface area contributed by atoms with Gasteiger partial charge in [0.15, 0.2) is 0 Å². The molecule has 1 aliphatic rings. The molecule has 3 aromatic carbocycles. The summed E-state index contributed by atoms with van der Waals surface area (Å²) >= 11 is 0. The van der Waals surface area contributed by atoms with Gasteiger partial charge in [-0.25, -0.2) is 14.0 Å². The van der Waals surface area contributed by atoms with Gasteiger partial charge in [0.2, 0.25) is 5.88 Å². The molecule has 4 aromatic rings. The van der Waals surface area contributed by atoms with Crippen LogP contribution in [0.3, 0.4) is 0 Å². The second kappa shape index (κ2) is 9.06. The van der Waals surface area contributed by atoms with Gasteiger partial charge in [-0.3, -0.25) is 0 Å². The maximum atomic E-state index is 14.3. The molecule has 0 saturated carbocycles. The van der Waals surface area contributed by atoms with Crippen LogP contribution in [0, 0.1) is 0 Å². The Labute approximate surface area is 199 Å². The first-order valence-electron chi connectivity index (χ1n) is 11.0. The van der Waals surface area contributed by atoms with Crippen LogP contribution in [-0.2, 0) is 26.7 Å². The molecule has 0 spiro atoms. The first kappa shape index (κ1) is 22.3. The number of hydrogen-bond acceptors (Lipinski definition) is 5. The minimum atomic E-state index is -3.46. The maximum Gasteiger partial charge on any atom is 0.230 e. The standard InChI is InChI=1S/C26H26N4O3S/c1-32-23-18-30-25(33-19-23)24(17-28-30)34(27,31)29-26(20-11-5-2-6-12-20,21-13-7-3-8-14-21)22-15-9-4-10-16-22/h2-17,23H,18-19H2,1H3,(H2,27,29,31)/t23-,34?/m0/s1. The molecule has 2 N–H and O–H groups in total. The summed E-state index contributed by atoms with van der Waals surface area (Å²) in [6, 6.07) is 29.4. The summed E-state index contributed by atoms with van der Waals surface area (Å²) in [5, 5.41) is 10.9. The SMILES string of the molecule is CO[C@@H]1COc2c(S(N)(=O)=NC(c3ccccc3)(c3ccccc3)c3ccccc3)cnn2C1. The third-order valence-electron chi connectivity index (χ3n) is 6.04. The second-order valence-electron chi connectivity index (χ2n) is 8.13. The van der Waals surface area contributed by atoms with Crippen LogP contribution in [-0.4, -0.2) is 33.8 Å². The van der Waals surface area contributed by atoms with E-state index in [1.165, 1.54) is 6.20 Å². The van der Waals surface area contributed by atoms with Gasteiger partial charge in [-0.1, -0.05) is 91.0 Å². The summed E-state index contributed by atoms with van der Waals surface area (Å²) in [6.07, 6.45) is 1.35. The van der Waals surface area contributed by atoms with Crippen molar-refractivity contribution in [2.75, 3.05) is 13.7 Å². The second-order valence-corrected chi connectivity index (χ2v) is 9.89. The Hall–Kier alpha value is -3.46. The fourth-order valence-corrected chi connectivity index (χ4v) is 5.78. The van der Waals surface area contributed by atoms with Crippen LogP contribution in [0.15, 0.2) is 106 Å². The quantitative estimate of drug-likeness (QED) is 0.428. The van der Waals surface area contributed by atoms with E-state index >= 15 is 0 Å². The van der Waals surface area contributed by atoms with Crippen molar-refractivity contribution in [2.24, 2.45) is 9.50 Å². The molecule has 0 fully saturated rings. The Kier molecular flexibility index (Phi) is 5.95. The topological polar surface area (TPSA) is 91.7 Å². The zero-order valence-corrected chi connectivity index (χ0v) is 19.6. The van der Waals surface area contributed by atoms with Gasteiger partial charge in [0.05, 0.1) is 12.7 Å². The van der Waals surface area contributed by atoms with E-state index in [2.05, 4.69) is 5.10 Å². The Balaban J connectivity index is 1.79. The van der Waals surface area contributed by atoms with Gasteiger partial charge < -0.3 is 9.47 Å². The van der Waals surface area contributed by atoms with Gasteiger partial charge in [0, 0.05) is 7.11 Å². The first-order valence-corrected chi connectivity index (χ1v) is 12.6. The van der Waals surface area contributed by atoms with Crippen LogP contribution in [0.1, 0.15) is 16.7 Å². The lowest BCUT2D eigenvalue weighted by molar-refractivity contribution is 0.0165. The predicted molar refractivity (Wildman–Crippen MR) is 131 cm³/mol. The van der Waals surface area contributed by atoms with E-state index in [1.54, 1.807) is 11.8 Å². The largest absolute Gasteiger partial charge is 0.474 e. The van der Waals surface area contributed by atoms with Crippen molar-refractivity contribution in [1.29, 1.82) is 0 Å². The van der Waals surface area contributed by atoms with E-state index in [4.69, 9.17) is 19.0 Å². The molecule has 174 valence electrons. The number of nitrogens with two attached hydrogens (primary N) is 1. The highest BCUT2D eigenvalue weighted by molar-refractivity contribution is 7.91. The summed E-state index contributed by atoms with van der Waals surface area (Å²) in [5.41, 5.74) is 1.44. The third kappa shape index (κ3) is 3.90. The summed E-state index contributed by atoms with van der Waals surface area (Å²) in [5.74, 6) is 0.368. The van der Waals surface area contributed by atoms with E-state index in [0.29, 0.717) is 19.0 Å². The highest BCUT2D eigenvalue weighted by atomic mass is 32.2. The summed E-state index contributed by atoms with van der Waals surface area (Å²) < 4.78 is 32.1. The molecule has 1 aliphatic heterocycles. The summed E-state index contributed by atoms with van der Waals surface area (Å²) in [6.45, 7) is 0.814. The van der Waals surface area contributed by atoms with Gasteiger partial charge in [-0.2, -0.15) is 9.46 Å². The van der Waals surface area contributed by atoms with Crippen molar-refractivity contribution in [3.05, 3.63) is 114 Å². The van der Waals surface area contributed by atoms with Gasteiger partial charge in [-0.15, -0.1) is 0 Å². The van der Waals surface area contributed by atoms with Gasteiger partial charge in [0.25, 0.3) is 0 Å². The lowest BCUT2D eigenvalue weighted by Crippen LogP contribution is -2.33. The molecule has 1 unspecified atom stereocenters. The number of methoxy groups -OCH3 is 1. The van der Waals surface area contributed by atoms with Gasteiger partial charge in [-0.05, 0) is 16.7 Å². The number of nitrogens with zero attached hydrogens (tertiary/aromatic N) is 3. The lowest BCUT2D eigenvalue weighted by Gasteiger charge is -2.32. The molecular formula is C26H26N4O3S. The number of hydrogen-bond donors (Lipinski definition) is 1. The zero-order chi connectivity index (χ0) is 23.6. The molecule has 0 bridgehead atoms. The number of ether oxygens (including phenoxy) is 2. The minimum absolute atomic E-state index is 0.136. The number of benzene rings is 3. The first-order chi connectivity index (χ1) is 16.5. The number of aromatic nitrogens is 2. The van der Waals surface area contributed by atoms with Crippen LogP contribution in [0.25, 0.3) is 0 Å². The van der Waals surface area contributed by atoms with Crippen molar-refractivity contribution in [2.45, 2.75) is 23.1 Å². The van der Waals surface area contributed by atoms with E-state index in [-0.39, 0.29) is 11.0 Å². The predicted octanol–water partition coefficient (Wildman–Crippen LogP) is 3.98. The van der Waals surface area contributed by atoms with Crippen LogP contribution >= 0.6 is 0 Å². The molecule has 0 aliphatic carbocycles. The zero-order valence-electron chi connectivity index (χ0n) is 18.8. The highest BCUT2D eigenvalue weighted by Gasteiger charge is 2.39. The molecule has 7 nitrogen and oxygen atoms in total. The van der Waals surface area contributed by atoms with Crippen LogP contribution < -0.4 is 9.88 Å². The average molecular weight is 475 g/mol. The highest BCUT2D eigenvalue weighted by Crippen LogP contribution is 2.42. The summed E-state index contributed by atoms with van der Waals surface area (Å²) in [7, 11) is -1.84.